The molecule has 0 aliphatic carbocycles. The minimum atomic E-state index is -2.17. The molecule has 11 heteroatoms. The summed E-state index contributed by atoms with van der Waals surface area (Å²) in [4.78, 5) is 27.0. The number of carboxylic acid groups (broad SMARTS) is 1. The summed E-state index contributed by atoms with van der Waals surface area (Å²) in [6.45, 7) is 16.6. The fraction of sp³-hybridized carbons (Fsp3) is 0.737. The first-order valence-corrected chi connectivity index (χ1v) is 13.5. The minimum Gasteiger partial charge on any atom is -0.463 e. The molecule has 0 aliphatic heterocycles. The number of alkyl carbamates (subject to hydrolysis) is 1. The van der Waals surface area contributed by atoms with Crippen LogP contribution in [0.15, 0.2) is 15.8 Å². The number of ether oxygens (including phenoxy) is 1. The van der Waals surface area contributed by atoms with Crippen LogP contribution in [0.1, 0.15) is 41.5 Å². The zero-order chi connectivity index (χ0) is 23.5. The van der Waals surface area contributed by atoms with E-state index in [0.717, 1.165) is 0 Å². The lowest BCUT2D eigenvalue weighted by Gasteiger charge is -2.39. The maximum absolute atomic E-state index is 12.2. The fourth-order valence-corrected chi connectivity index (χ4v) is 4.14. The number of amides is 2. The smallest absolute Gasteiger partial charge is 0.434 e. The zero-order valence-corrected chi connectivity index (χ0v) is 22.0. The molecule has 0 radical (unpaired) electrons. The SMILES string of the molecule is Cn1c(Br)cn(CC(CNC(=O)OC(C)(C)C)O[Si](C)(C)C(C)(C)C)c1=NC(=O)O. The molecule has 172 valence electrons. The van der Waals surface area contributed by atoms with Gasteiger partial charge in [0.05, 0.1) is 12.6 Å². The molecule has 0 aromatic carbocycles. The molecule has 0 saturated carbocycles. The molecular weight excluding hydrogens is 472 g/mol. The summed E-state index contributed by atoms with van der Waals surface area (Å²) in [6, 6.07) is 0. The first-order valence-electron chi connectivity index (χ1n) is 9.77. The highest BCUT2D eigenvalue weighted by Gasteiger charge is 2.39. The van der Waals surface area contributed by atoms with E-state index in [1.807, 2.05) is 0 Å². The Morgan fingerprint density at radius 1 is 1.27 bits per heavy atom. The maximum Gasteiger partial charge on any atom is 0.434 e. The second kappa shape index (κ2) is 9.69. The summed E-state index contributed by atoms with van der Waals surface area (Å²) in [6.07, 6.45) is -0.468. The molecule has 1 aromatic rings. The van der Waals surface area contributed by atoms with Gasteiger partial charge in [0, 0.05) is 19.8 Å². The minimum absolute atomic E-state index is 0.0343. The molecule has 1 aromatic heterocycles. The lowest BCUT2D eigenvalue weighted by atomic mass is 10.2. The van der Waals surface area contributed by atoms with E-state index in [0.29, 0.717) is 11.1 Å². The number of imidazole rings is 1. The molecule has 0 saturated heterocycles. The van der Waals surface area contributed by atoms with Crippen molar-refractivity contribution in [3.05, 3.63) is 16.4 Å². The standard InChI is InChI=1S/C19H35BrN4O5Si/c1-18(2,3)28-17(27)21-10-13(29-30(8,9)19(4,5)6)11-24-12-14(20)23(7)15(24)22-16(25)26/h12-13H,10-11H2,1-9H3,(H,21,27)(H,25,26). The monoisotopic (exact) mass is 506 g/mol. The average molecular weight is 508 g/mol. The van der Waals surface area contributed by atoms with Gasteiger partial charge in [-0.2, -0.15) is 0 Å². The van der Waals surface area contributed by atoms with Crippen molar-refractivity contribution in [3.8, 4) is 0 Å². The van der Waals surface area contributed by atoms with E-state index in [4.69, 9.17) is 14.3 Å². The van der Waals surface area contributed by atoms with Gasteiger partial charge in [0.1, 0.15) is 10.2 Å². The first-order chi connectivity index (χ1) is 13.4. The molecular formula is C19H35BrN4O5Si. The van der Waals surface area contributed by atoms with Crippen molar-refractivity contribution in [2.24, 2.45) is 12.0 Å². The predicted molar refractivity (Wildman–Crippen MR) is 121 cm³/mol. The third-order valence-corrected chi connectivity index (χ3v) is 10.1. The molecule has 1 unspecified atom stereocenters. The molecule has 1 heterocycles. The Labute approximate surface area is 187 Å². The molecule has 1 rings (SSSR count). The van der Waals surface area contributed by atoms with E-state index in [2.05, 4.69) is 60.1 Å². The van der Waals surface area contributed by atoms with Crippen LogP contribution in [0.3, 0.4) is 0 Å². The highest BCUT2D eigenvalue weighted by atomic mass is 79.9. The summed E-state index contributed by atoms with van der Waals surface area (Å²) < 4.78 is 15.9. The molecule has 0 spiro atoms. The van der Waals surface area contributed by atoms with Crippen LogP contribution in [-0.4, -0.2) is 53.0 Å². The number of carbonyl (C=O) groups is 2. The van der Waals surface area contributed by atoms with E-state index in [1.165, 1.54) is 0 Å². The highest BCUT2D eigenvalue weighted by molar-refractivity contribution is 9.10. The lowest BCUT2D eigenvalue weighted by Crippen LogP contribution is -2.49. The normalized spacial score (nSPS) is 14.5. The van der Waals surface area contributed by atoms with Gasteiger partial charge in [-0.05, 0) is 54.8 Å². The zero-order valence-electron chi connectivity index (χ0n) is 19.4. The van der Waals surface area contributed by atoms with Crippen LogP contribution in [0.2, 0.25) is 18.1 Å². The van der Waals surface area contributed by atoms with Crippen molar-refractivity contribution in [1.29, 1.82) is 0 Å². The molecule has 30 heavy (non-hydrogen) atoms. The van der Waals surface area contributed by atoms with Crippen LogP contribution in [0.5, 0.6) is 0 Å². The van der Waals surface area contributed by atoms with Gasteiger partial charge >= 0.3 is 12.2 Å². The van der Waals surface area contributed by atoms with Gasteiger partial charge in [-0.25, -0.2) is 9.59 Å². The first kappa shape index (κ1) is 26.4. The van der Waals surface area contributed by atoms with Crippen LogP contribution in [0, 0.1) is 0 Å². The molecule has 1 atom stereocenters. The van der Waals surface area contributed by atoms with E-state index >= 15 is 0 Å². The number of aromatic nitrogens is 2. The molecule has 9 nitrogen and oxygen atoms in total. The van der Waals surface area contributed by atoms with Crippen LogP contribution >= 0.6 is 15.9 Å². The van der Waals surface area contributed by atoms with E-state index < -0.39 is 32.2 Å². The van der Waals surface area contributed by atoms with Gasteiger partial charge in [0.25, 0.3) is 0 Å². The van der Waals surface area contributed by atoms with E-state index in [-0.39, 0.29) is 17.2 Å². The number of hydrogen-bond donors (Lipinski definition) is 2. The Kier molecular flexibility index (Phi) is 8.54. The van der Waals surface area contributed by atoms with Crippen molar-refractivity contribution in [3.63, 3.8) is 0 Å². The summed E-state index contributed by atoms with van der Waals surface area (Å²) in [7, 11) is -0.454. The Hall–Kier alpha value is -1.59. The van der Waals surface area contributed by atoms with Crippen LogP contribution in [-0.2, 0) is 22.8 Å². The number of rotatable bonds is 6. The molecule has 2 N–H and O–H groups in total. The Balaban J connectivity index is 3.18. The van der Waals surface area contributed by atoms with Gasteiger partial charge in [-0.3, -0.25) is 0 Å². The van der Waals surface area contributed by atoms with Crippen molar-refractivity contribution in [1.82, 2.24) is 14.5 Å². The predicted octanol–water partition coefficient (Wildman–Crippen LogP) is 4.08. The number of nitrogens with one attached hydrogen (secondary N) is 1. The third kappa shape index (κ3) is 7.92. The number of hydrogen-bond acceptors (Lipinski definition) is 4. The van der Waals surface area contributed by atoms with Crippen LogP contribution in [0.25, 0.3) is 0 Å². The van der Waals surface area contributed by atoms with Gasteiger partial charge in [-0.15, -0.1) is 4.99 Å². The average Bonchev–Trinajstić information content (AvgIpc) is 2.77. The van der Waals surface area contributed by atoms with Crippen molar-refractivity contribution in [2.45, 2.75) is 77.9 Å². The van der Waals surface area contributed by atoms with Gasteiger partial charge in [-0.1, -0.05) is 20.8 Å². The van der Waals surface area contributed by atoms with E-state index in [9.17, 15) is 9.59 Å². The van der Waals surface area contributed by atoms with Crippen molar-refractivity contribution >= 4 is 36.4 Å². The second-order valence-corrected chi connectivity index (χ2v) is 15.3. The molecule has 0 bridgehead atoms. The molecule has 2 amide bonds. The fourth-order valence-electron chi connectivity index (χ4n) is 2.39. The van der Waals surface area contributed by atoms with Gasteiger partial charge < -0.3 is 28.7 Å². The molecule has 0 aliphatic rings. The second-order valence-electron chi connectivity index (χ2n) is 9.74. The summed E-state index contributed by atoms with van der Waals surface area (Å²) in [5.41, 5.74) is -0.345. The maximum atomic E-state index is 12.2. The Bertz CT molecular complexity index is 833. The highest BCUT2D eigenvalue weighted by Crippen LogP contribution is 2.37. The van der Waals surface area contributed by atoms with E-state index in [1.54, 1.807) is 43.1 Å². The summed E-state index contributed by atoms with van der Waals surface area (Å²) in [5, 5.41) is 11.9. The summed E-state index contributed by atoms with van der Waals surface area (Å²) in [5.74, 6) is 0. The van der Waals surface area contributed by atoms with Gasteiger partial charge in [0.15, 0.2) is 8.32 Å². The van der Waals surface area contributed by atoms with Crippen LogP contribution < -0.4 is 10.9 Å². The number of carbonyl (C=O) groups excluding carboxylic acids is 1. The summed E-state index contributed by atoms with van der Waals surface area (Å²) >= 11 is 3.40. The van der Waals surface area contributed by atoms with Crippen molar-refractivity contribution < 1.29 is 23.9 Å². The largest absolute Gasteiger partial charge is 0.463 e. The quantitative estimate of drug-likeness (QED) is 0.565. The van der Waals surface area contributed by atoms with Gasteiger partial charge in [0.2, 0.25) is 5.62 Å². The topological polar surface area (TPSA) is 107 Å². The van der Waals surface area contributed by atoms with Crippen LogP contribution in [0.4, 0.5) is 9.59 Å². The van der Waals surface area contributed by atoms with Crippen molar-refractivity contribution in [2.75, 3.05) is 6.54 Å². The number of nitrogens with zero attached hydrogens (tertiary/aromatic N) is 3. The Morgan fingerprint density at radius 2 is 1.83 bits per heavy atom. The number of halogens is 1. The third-order valence-electron chi connectivity index (χ3n) is 4.88. The Morgan fingerprint density at radius 3 is 2.30 bits per heavy atom. The molecule has 0 fully saturated rings. The lowest BCUT2D eigenvalue weighted by molar-refractivity contribution is 0.0489.